The van der Waals surface area contributed by atoms with Gasteiger partial charge in [0.15, 0.2) is 28.8 Å². The molecule has 1 N–H and O–H groups in total. The van der Waals surface area contributed by atoms with Gasteiger partial charge in [0.2, 0.25) is 11.6 Å². The van der Waals surface area contributed by atoms with E-state index >= 15 is 0 Å². The summed E-state index contributed by atoms with van der Waals surface area (Å²) in [6, 6.07) is 1.05. The summed E-state index contributed by atoms with van der Waals surface area (Å²) in [7, 11) is 0.798. The molecule has 0 spiro atoms. The minimum Gasteiger partial charge on any atom is -0.490 e. The van der Waals surface area contributed by atoms with Crippen LogP contribution in [-0.2, 0) is 6.18 Å². The van der Waals surface area contributed by atoms with E-state index in [1.807, 2.05) is 0 Å². The van der Waals surface area contributed by atoms with Crippen molar-refractivity contribution in [3.8, 4) is 23.0 Å². The molecule has 0 bridgehead atoms. The Morgan fingerprint density at radius 2 is 1.59 bits per heavy atom. The number of hydrogen-bond donors (Lipinski definition) is 1. The zero-order valence-electron chi connectivity index (χ0n) is 13.8. The van der Waals surface area contributed by atoms with Crippen molar-refractivity contribution in [2.45, 2.75) is 12.5 Å². The van der Waals surface area contributed by atoms with E-state index in [1.165, 1.54) is 0 Å². The number of carbonyl (C=O) groups is 1. The standard InChI is InChI=1S/C15H7F8NO5/c1-27-11-6(3-2-5(9(11)16)29-15(21,22)23)28-7-4-24-12(14(18,19)20)10(17)8(7)13(25)26/h2-4H,1H3,(H,25,26). The molecule has 0 amide bonds. The molecule has 0 unspecified atom stereocenters. The number of aromatic nitrogens is 1. The number of ether oxygens (including phenoxy) is 3. The minimum absolute atomic E-state index is 0.201. The summed E-state index contributed by atoms with van der Waals surface area (Å²) in [6.45, 7) is 0. The molecule has 14 heteroatoms. The fraction of sp³-hybridized carbons (Fsp3) is 0.200. The van der Waals surface area contributed by atoms with Gasteiger partial charge in [-0.3, -0.25) is 0 Å². The second-order valence-corrected chi connectivity index (χ2v) is 5.02. The van der Waals surface area contributed by atoms with Crippen LogP contribution in [0.1, 0.15) is 16.1 Å². The lowest BCUT2D eigenvalue weighted by molar-refractivity contribution is -0.275. The van der Waals surface area contributed by atoms with Crippen molar-refractivity contribution in [1.82, 2.24) is 4.98 Å². The van der Waals surface area contributed by atoms with Gasteiger partial charge in [0, 0.05) is 0 Å². The van der Waals surface area contributed by atoms with Gasteiger partial charge in [-0.05, 0) is 12.1 Å². The normalized spacial score (nSPS) is 11.9. The van der Waals surface area contributed by atoms with E-state index in [2.05, 4.69) is 14.5 Å². The van der Waals surface area contributed by atoms with E-state index in [0.717, 1.165) is 7.11 Å². The number of pyridine rings is 1. The maximum absolute atomic E-state index is 14.1. The molecule has 0 aliphatic carbocycles. The predicted octanol–water partition coefficient (Wildman–Crippen LogP) is 4.78. The summed E-state index contributed by atoms with van der Waals surface area (Å²) in [5.74, 6) is -10.4. The Balaban J connectivity index is 2.55. The number of benzene rings is 1. The molecular formula is C15H7F8NO5. The first kappa shape index (κ1) is 22.0. The van der Waals surface area contributed by atoms with Crippen LogP contribution in [0.25, 0.3) is 0 Å². The number of hydrogen-bond acceptors (Lipinski definition) is 5. The topological polar surface area (TPSA) is 77.9 Å². The molecule has 1 aromatic carbocycles. The number of carboxylic acid groups (broad SMARTS) is 1. The Morgan fingerprint density at radius 1 is 1.00 bits per heavy atom. The molecule has 0 aliphatic rings. The van der Waals surface area contributed by atoms with Gasteiger partial charge in [0.25, 0.3) is 0 Å². The number of alkyl halides is 6. The van der Waals surface area contributed by atoms with Gasteiger partial charge in [0.1, 0.15) is 5.56 Å². The molecule has 0 aliphatic heterocycles. The smallest absolute Gasteiger partial charge is 0.490 e. The lowest BCUT2D eigenvalue weighted by atomic mass is 10.2. The molecule has 6 nitrogen and oxygen atoms in total. The van der Waals surface area contributed by atoms with Crippen LogP contribution in [0.15, 0.2) is 18.3 Å². The number of methoxy groups -OCH3 is 1. The van der Waals surface area contributed by atoms with Crippen LogP contribution in [0.4, 0.5) is 35.1 Å². The average Bonchev–Trinajstić information content (AvgIpc) is 2.55. The number of nitrogens with zero attached hydrogens (tertiary/aromatic N) is 1. The van der Waals surface area contributed by atoms with Crippen molar-refractivity contribution in [1.29, 1.82) is 0 Å². The second kappa shape index (κ2) is 7.60. The minimum atomic E-state index is -5.33. The molecule has 158 valence electrons. The lowest BCUT2D eigenvalue weighted by Crippen LogP contribution is -2.18. The summed E-state index contributed by atoms with van der Waals surface area (Å²) in [5, 5.41) is 9.00. The maximum atomic E-state index is 14.1. The monoisotopic (exact) mass is 433 g/mol. The summed E-state index contributed by atoms with van der Waals surface area (Å²) in [5.41, 5.74) is -3.74. The van der Waals surface area contributed by atoms with Gasteiger partial charge < -0.3 is 19.3 Å². The first-order chi connectivity index (χ1) is 13.3. The molecule has 1 aromatic heterocycles. The second-order valence-electron chi connectivity index (χ2n) is 5.02. The van der Waals surface area contributed by atoms with Gasteiger partial charge in [-0.15, -0.1) is 13.2 Å². The van der Waals surface area contributed by atoms with Crippen molar-refractivity contribution in [3.63, 3.8) is 0 Å². The predicted molar refractivity (Wildman–Crippen MR) is 75.9 cm³/mol. The summed E-state index contributed by atoms with van der Waals surface area (Å²) >= 11 is 0. The maximum Gasteiger partial charge on any atom is 0.573 e. The molecule has 2 aromatic rings. The Labute approximate surface area is 155 Å². The Kier molecular flexibility index (Phi) is 5.76. The van der Waals surface area contributed by atoms with E-state index < -0.39 is 64.4 Å². The average molecular weight is 433 g/mol. The zero-order chi connectivity index (χ0) is 22.1. The third kappa shape index (κ3) is 4.75. The number of halogens is 8. The van der Waals surface area contributed by atoms with Crippen molar-refractivity contribution >= 4 is 5.97 Å². The van der Waals surface area contributed by atoms with Crippen molar-refractivity contribution in [3.05, 3.63) is 41.2 Å². The highest BCUT2D eigenvalue weighted by molar-refractivity contribution is 5.91. The number of rotatable bonds is 5. The Morgan fingerprint density at radius 3 is 2.07 bits per heavy atom. The zero-order valence-corrected chi connectivity index (χ0v) is 13.8. The van der Waals surface area contributed by atoms with Crippen LogP contribution < -0.4 is 14.2 Å². The molecular weight excluding hydrogens is 426 g/mol. The Bertz CT molecular complexity index is 942. The van der Waals surface area contributed by atoms with Gasteiger partial charge in [-0.2, -0.15) is 17.6 Å². The molecule has 0 atom stereocenters. The van der Waals surface area contributed by atoms with Crippen LogP contribution in [-0.4, -0.2) is 29.5 Å². The molecule has 0 saturated heterocycles. The third-order valence-corrected chi connectivity index (χ3v) is 3.14. The van der Waals surface area contributed by atoms with Gasteiger partial charge in [-0.25, -0.2) is 14.2 Å². The van der Waals surface area contributed by atoms with Crippen LogP contribution in [0, 0.1) is 11.6 Å². The van der Waals surface area contributed by atoms with Crippen molar-refractivity contribution < 1.29 is 59.2 Å². The fourth-order valence-electron chi connectivity index (χ4n) is 2.06. The highest BCUT2D eigenvalue weighted by Crippen LogP contribution is 2.41. The SMILES string of the molecule is COc1c(Oc2cnc(C(F)(F)F)c(F)c2C(=O)O)ccc(OC(F)(F)F)c1F. The van der Waals surface area contributed by atoms with Crippen molar-refractivity contribution in [2.24, 2.45) is 0 Å². The number of carboxylic acids is 1. The van der Waals surface area contributed by atoms with E-state index in [0.29, 0.717) is 12.1 Å². The van der Waals surface area contributed by atoms with Crippen molar-refractivity contribution in [2.75, 3.05) is 7.11 Å². The van der Waals surface area contributed by atoms with E-state index in [-0.39, 0.29) is 6.20 Å². The summed E-state index contributed by atoms with van der Waals surface area (Å²) in [4.78, 5) is 13.9. The number of aromatic carboxylic acids is 1. The first-order valence-electron chi connectivity index (χ1n) is 7.05. The molecule has 0 fully saturated rings. The molecule has 0 radical (unpaired) electrons. The van der Waals surface area contributed by atoms with Gasteiger partial charge >= 0.3 is 18.5 Å². The summed E-state index contributed by atoms with van der Waals surface area (Å²) in [6.07, 6.45) is -10.4. The fourth-order valence-corrected chi connectivity index (χ4v) is 2.06. The van der Waals surface area contributed by atoms with Gasteiger partial charge in [0.05, 0.1) is 13.3 Å². The van der Waals surface area contributed by atoms with E-state index in [4.69, 9.17) is 9.84 Å². The lowest BCUT2D eigenvalue weighted by Gasteiger charge is -2.16. The molecule has 29 heavy (non-hydrogen) atoms. The molecule has 2 rings (SSSR count). The first-order valence-corrected chi connectivity index (χ1v) is 7.05. The van der Waals surface area contributed by atoms with Crippen LogP contribution in [0.5, 0.6) is 23.0 Å². The highest BCUT2D eigenvalue weighted by Gasteiger charge is 2.40. The quantitative estimate of drug-likeness (QED) is 0.685. The Hall–Kier alpha value is -3.32. The third-order valence-electron chi connectivity index (χ3n) is 3.14. The van der Waals surface area contributed by atoms with Crippen LogP contribution in [0.3, 0.4) is 0 Å². The molecule has 1 heterocycles. The largest absolute Gasteiger partial charge is 0.573 e. The van der Waals surface area contributed by atoms with Crippen LogP contribution >= 0.6 is 0 Å². The molecule has 0 saturated carbocycles. The van der Waals surface area contributed by atoms with E-state index in [9.17, 15) is 39.9 Å². The highest BCUT2D eigenvalue weighted by atomic mass is 19.4. The van der Waals surface area contributed by atoms with Gasteiger partial charge in [-0.1, -0.05) is 0 Å². The van der Waals surface area contributed by atoms with Crippen LogP contribution in [0.2, 0.25) is 0 Å². The summed E-state index contributed by atoms with van der Waals surface area (Å²) < 4.78 is 116. The van der Waals surface area contributed by atoms with E-state index in [1.54, 1.807) is 0 Å².